The Morgan fingerprint density at radius 2 is 1.96 bits per heavy atom. The quantitative estimate of drug-likeness (QED) is 0.776. The first-order valence-electron chi connectivity index (χ1n) is 10.2. The predicted octanol–water partition coefficient (Wildman–Crippen LogP) is 2.88. The third-order valence-corrected chi connectivity index (χ3v) is 7.45. The van der Waals surface area contributed by atoms with Gasteiger partial charge in [0.25, 0.3) is 0 Å². The van der Waals surface area contributed by atoms with Gasteiger partial charge in [-0.2, -0.15) is 4.98 Å². The molecule has 1 saturated carbocycles. The van der Waals surface area contributed by atoms with E-state index in [2.05, 4.69) is 25.1 Å². The number of aliphatic carboxylic acids is 1. The van der Waals surface area contributed by atoms with Crippen LogP contribution in [-0.2, 0) is 4.79 Å². The van der Waals surface area contributed by atoms with E-state index < -0.39 is 11.4 Å². The molecule has 1 aliphatic carbocycles. The van der Waals surface area contributed by atoms with Crippen molar-refractivity contribution in [3.63, 3.8) is 0 Å². The highest BCUT2D eigenvalue weighted by Gasteiger charge is 2.49. The number of carboxylic acid groups (broad SMARTS) is 1. The molecule has 28 heavy (non-hydrogen) atoms. The Hall–Kier alpha value is -1.60. The van der Waals surface area contributed by atoms with Crippen molar-refractivity contribution in [3.8, 4) is 0 Å². The van der Waals surface area contributed by atoms with Crippen LogP contribution in [0, 0.1) is 24.2 Å². The molecule has 0 unspecified atom stereocenters. The maximum atomic E-state index is 11.4. The molecule has 3 aliphatic rings. The van der Waals surface area contributed by atoms with Gasteiger partial charge in [-0.15, -0.1) is 0 Å². The summed E-state index contributed by atoms with van der Waals surface area (Å²) in [6.07, 6.45) is 4.05. The largest absolute Gasteiger partial charge is 0.481 e. The molecule has 1 atom stereocenters. The highest BCUT2D eigenvalue weighted by atomic mass is 35.5. The lowest BCUT2D eigenvalue weighted by Crippen LogP contribution is -2.58. The van der Waals surface area contributed by atoms with E-state index in [0.717, 1.165) is 50.7 Å². The molecule has 4 rings (SSSR count). The number of aryl methyl sites for hydroxylation is 1. The number of likely N-dealkylation sites (tertiary alicyclic amines) is 1. The van der Waals surface area contributed by atoms with Gasteiger partial charge in [-0.25, -0.2) is 4.98 Å². The molecule has 2 N–H and O–H groups in total. The fourth-order valence-corrected chi connectivity index (χ4v) is 5.17. The normalized spacial score (nSPS) is 31.2. The van der Waals surface area contributed by atoms with Crippen molar-refractivity contribution in [2.75, 3.05) is 43.4 Å². The molecule has 0 amide bonds. The molecule has 3 fully saturated rings. The van der Waals surface area contributed by atoms with E-state index in [4.69, 9.17) is 11.6 Å². The molecule has 154 valence electrons. The monoisotopic (exact) mass is 407 g/mol. The molecule has 2 aliphatic heterocycles. The van der Waals surface area contributed by atoms with Crippen LogP contribution in [0.4, 0.5) is 11.8 Å². The van der Waals surface area contributed by atoms with Crippen LogP contribution in [0.5, 0.6) is 0 Å². The molecule has 0 aromatic carbocycles. The van der Waals surface area contributed by atoms with E-state index in [1.54, 1.807) is 0 Å². The molecule has 7 nitrogen and oxygen atoms in total. The first-order valence-corrected chi connectivity index (χ1v) is 10.6. The number of carboxylic acids is 1. The van der Waals surface area contributed by atoms with Gasteiger partial charge in [0.15, 0.2) is 5.82 Å². The first-order chi connectivity index (χ1) is 13.3. The van der Waals surface area contributed by atoms with Gasteiger partial charge in [0.1, 0.15) is 5.02 Å². The number of nitrogens with zero attached hydrogens (tertiary/aromatic N) is 4. The molecule has 1 aromatic heterocycles. The minimum Gasteiger partial charge on any atom is -0.481 e. The molecule has 0 spiro atoms. The van der Waals surface area contributed by atoms with Crippen molar-refractivity contribution < 1.29 is 9.90 Å². The standard InChI is InChI=1S/C20H30ClN5O2/c1-12-16(21)17(22-3)24-19(23-12)26-10-14(11-26)13-5-4-6-25(9-13)15-7-20(2,8-15)18(27)28/h13-15H,4-11H2,1-3H3,(H,27,28)(H,22,23,24)/t13-,15?,20?/m0/s1. The summed E-state index contributed by atoms with van der Waals surface area (Å²) < 4.78 is 0. The van der Waals surface area contributed by atoms with Crippen LogP contribution >= 0.6 is 11.6 Å². The molecule has 3 heterocycles. The average Bonchev–Trinajstić information content (AvgIpc) is 2.60. The number of aromatic nitrogens is 2. The molecule has 0 radical (unpaired) electrons. The average molecular weight is 408 g/mol. The smallest absolute Gasteiger partial charge is 0.309 e. The van der Waals surface area contributed by atoms with E-state index in [-0.39, 0.29) is 0 Å². The summed E-state index contributed by atoms with van der Waals surface area (Å²) >= 11 is 6.24. The van der Waals surface area contributed by atoms with E-state index in [9.17, 15) is 9.90 Å². The summed E-state index contributed by atoms with van der Waals surface area (Å²) in [4.78, 5) is 25.3. The minimum atomic E-state index is -0.647. The van der Waals surface area contributed by atoms with Crippen molar-refractivity contribution in [1.82, 2.24) is 14.9 Å². The van der Waals surface area contributed by atoms with Gasteiger partial charge in [0.05, 0.1) is 11.1 Å². The van der Waals surface area contributed by atoms with Crippen molar-refractivity contribution in [2.45, 2.75) is 45.6 Å². The fourth-order valence-electron chi connectivity index (χ4n) is 5.00. The third kappa shape index (κ3) is 3.43. The minimum absolute atomic E-state index is 0.445. The summed E-state index contributed by atoms with van der Waals surface area (Å²) in [7, 11) is 1.82. The van der Waals surface area contributed by atoms with Crippen LogP contribution < -0.4 is 10.2 Å². The summed E-state index contributed by atoms with van der Waals surface area (Å²) in [6, 6.07) is 0.445. The zero-order valence-electron chi connectivity index (χ0n) is 16.9. The zero-order valence-corrected chi connectivity index (χ0v) is 17.7. The van der Waals surface area contributed by atoms with Crippen LogP contribution in [0.2, 0.25) is 5.02 Å². The van der Waals surface area contributed by atoms with Gasteiger partial charge < -0.3 is 20.2 Å². The Kier molecular flexibility index (Phi) is 5.16. The lowest BCUT2D eigenvalue weighted by atomic mass is 9.65. The van der Waals surface area contributed by atoms with E-state index in [1.807, 2.05) is 20.9 Å². The van der Waals surface area contributed by atoms with Gasteiger partial charge in [-0.3, -0.25) is 4.79 Å². The van der Waals surface area contributed by atoms with Crippen LogP contribution in [0.1, 0.15) is 38.3 Å². The second kappa shape index (κ2) is 7.34. The van der Waals surface area contributed by atoms with Crippen LogP contribution in [0.15, 0.2) is 0 Å². The van der Waals surface area contributed by atoms with Gasteiger partial charge in [-0.05, 0) is 57.9 Å². The number of carbonyl (C=O) groups is 1. The molecular weight excluding hydrogens is 378 g/mol. The number of rotatable bonds is 5. The van der Waals surface area contributed by atoms with Crippen molar-refractivity contribution in [1.29, 1.82) is 0 Å². The molecule has 8 heteroatoms. The van der Waals surface area contributed by atoms with Gasteiger partial charge >= 0.3 is 5.97 Å². The SMILES string of the molecule is CNc1nc(N2CC([C@H]3CCCN(C4CC(C)(C(=O)O)C4)C3)C2)nc(C)c1Cl. The van der Waals surface area contributed by atoms with Gasteiger partial charge in [-0.1, -0.05) is 11.6 Å². The van der Waals surface area contributed by atoms with Crippen molar-refractivity contribution >= 4 is 29.3 Å². The highest BCUT2D eigenvalue weighted by molar-refractivity contribution is 6.33. The molecule has 0 bridgehead atoms. The fraction of sp³-hybridized carbons (Fsp3) is 0.750. The molecule has 2 saturated heterocycles. The predicted molar refractivity (Wildman–Crippen MR) is 110 cm³/mol. The van der Waals surface area contributed by atoms with E-state index in [1.165, 1.54) is 12.8 Å². The number of halogens is 1. The van der Waals surface area contributed by atoms with Crippen molar-refractivity contribution in [3.05, 3.63) is 10.7 Å². The number of nitrogens with one attached hydrogen (secondary N) is 1. The highest BCUT2D eigenvalue weighted by Crippen LogP contribution is 2.45. The Bertz CT molecular complexity index is 761. The maximum Gasteiger partial charge on any atom is 0.309 e. The van der Waals surface area contributed by atoms with Crippen LogP contribution in [0.25, 0.3) is 0 Å². The van der Waals surface area contributed by atoms with E-state index >= 15 is 0 Å². The van der Waals surface area contributed by atoms with Gasteiger partial charge in [0.2, 0.25) is 5.95 Å². The van der Waals surface area contributed by atoms with Gasteiger partial charge in [0, 0.05) is 32.7 Å². The third-order valence-electron chi connectivity index (χ3n) is 7.00. The lowest BCUT2D eigenvalue weighted by molar-refractivity contribution is -0.158. The molecular formula is C20H30ClN5O2. The number of hydrogen-bond acceptors (Lipinski definition) is 6. The van der Waals surface area contributed by atoms with Crippen LogP contribution in [0.3, 0.4) is 0 Å². The van der Waals surface area contributed by atoms with E-state index in [0.29, 0.717) is 28.7 Å². The summed E-state index contributed by atoms with van der Waals surface area (Å²) in [6.45, 7) is 7.97. The Morgan fingerprint density at radius 1 is 1.25 bits per heavy atom. The zero-order chi connectivity index (χ0) is 20.1. The summed E-state index contributed by atoms with van der Waals surface area (Å²) in [5, 5.41) is 13.0. The number of piperidine rings is 1. The second-order valence-electron chi connectivity index (χ2n) is 9.01. The Morgan fingerprint density at radius 3 is 2.61 bits per heavy atom. The van der Waals surface area contributed by atoms with Crippen molar-refractivity contribution in [2.24, 2.45) is 17.3 Å². The Balaban J connectivity index is 1.33. The topological polar surface area (TPSA) is 81.6 Å². The van der Waals surface area contributed by atoms with Crippen LogP contribution in [-0.4, -0.2) is 65.2 Å². The first kappa shape index (κ1) is 19.7. The number of hydrogen-bond donors (Lipinski definition) is 2. The Labute approximate surface area is 171 Å². The maximum absolute atomic E-state index is 11.4. The molecule has 1 aromatic rings. The summed E-state index contributed by atoms with van der Waals surface area (Å²) in [5.41, 5.74) is 0.287. The lowest BCUT2D eigenvalue weighted by Gasteiger charge is -2.52. The number of anilines is 2. The second-order valence-corrected chi connectivity index (χ2v) is 9.39. The summed E-state index contributed by atoms with van der Waals surface area (Å²) in [5.74, 6) is 2.13.